The first-order valence-electron chi connectivity index (χ1n) is 8.54. The van der Waals surface area contributed by atoms with Gasteiger partial charge in [0.25, 0.3) is 0 Å². The molecule has 0 radical (unpaired) electrons. The Morgan fingerprint density at radius 3 is 2.87 bits per heavy atom. The molecule has 1 N–H and O–H groups in total. The fourth-order valence-electron chi connectivity index (χ4n) is 5.59. The molecule has 3 atom stereocenters. The van der Waals surface area contributed by atoms with Gasteiger partial charge >= 0.3 is 0 Å². The summed E-state index contributed by atoms with van der Waals surface area (Å²) in [6, 6.07) is 4.26. The second-order valence-corrected chi connectivity index (χ2v) is 7.60. The summed E-state index contributed by atoms with van der Waals surface area (Å²) in [4.78, 5) is 14.6. The normalized spacial score (nSPS) is 36.3. The van der Waals surface area contributed by atoms with Crippen LogP contribution in [-0.4, -0.2) is 48.1 Å². The number of nitrogens with zero attached hydrogens (tertiary/aromatic N) is 1. The summed E-state index contributed by atoms with van der Waals surface area (Å²) < 4.78 is 5.53. The number of fused-ring (bicyclic) bond motifs is 1. The van der Waals surface area contributed by atoms with Crippen LogP contribution in [0.5, 0.6) is 5.75 Å². The van der Waals surface area contributed by atoms with Gasteiger partial charge in [0.15, 0.2) is 0 Å². The van der Waals surface area contributed by atoms with Crippen molar-refractivity contribution < 1.29 is 14.6 Å². The van der Waals surface area contributed by atoms with E-state index in [0.29, 0.717) is 19.3 Å². The van der Waals surface area contributed by atoms with Crippen molar-refractivity contribution in [2.24, 2.45) is 0 Å². The number of ketones is 1. The van der Waals surface area contributed by atoms with Crippen LogP contribution in [0.15, 0.2) is 12.1 Å². The minimum atomic E-state index is -0.808. The van der Waals surface area contributed by atoms with E-state index in [9.17, 15) is 9.90 Å². The molecule has 23 heavy (non-hydrogen) atoms. The molecule has 0 spiro atoms. The van der Waals surface area contributed by atoms with Gasteiger partial charge in [0.1, 0.15) is 11.5 Å². The van der Waals surface area contributed by atoms with Crippen molar-refractivity contribution in [3.05, 3.63) is 28.8 Å². The number of hydrogen-bond donors (Lipinski definition) is 1. The fourth-order valence-corrected chi connectivity index (χ4v) is 5.59. The maximum absolute atomic E-state index is 12.4. The first kappa shape index (κ1) is 15.2. The van der Waals surface area contributed by atoms with E-state index in [1.165, 1.54) is 11.1 Å². The van der Waals surface area contributed by atoms with Gasteiger partial charge in [-0.1, -0.05) is 6.07 Å². The molecule has 1 aromatic carbocycles. The number of ether oxygens (including phenoxy) is 1. The summed E-state index contributed by atoms with van der Waals surface area (Å²) in [5.41, 5.74) is 2.32. The molecule has 0 unspecified atom stereocenters. The van der Waals surface area contributed by atoms with Crippen molar-refractivity contribution in [2.45, 2.75) is 56.1 Å². The molecule has 4 heteroatoms. The highest BCUT2D eigenvalue weighted by Gasteiger charge is 2.64. The zero-order valence-corrected chi connectivity index (χ0v) is 14.2. The Kier molecular flexibility index (Phi) is 3.17. The number of methoxy groups -OCH3 is 1. The molecule has 1 saturated heterocycles. The average Bonchev–Trinajstić information content (AvgIpc) is 2.52. The average molecular weight is 315 g/mol. The second kappa shape index (κ2) is 4.81. The third kappa shape index (κ3) is 1.76. The summed E-state index contributed by atoms with van der Waals surface area (Å²) in [5.74, 6) is 1.14. The van der Waals surface area contributed by atoms with Crippen LogP contribution < -0.4 is 4.74 Å². The number of hydrogen-bond acceptors (Lipinski definition) is 4. The number of likely N-dealkylation sites (N-methyl/N-ethyl adjacent to an activating group) is 1. The van der Waals surface area contributed by atoms with E-state index in [4.69, 9.17) is 4.74 Å². The van der Waals surface area contributed by atoms with Crippen molar-refractivity contribution >= 4 is 5.78 Å². The zero-order chi connectivity index (χ0) is 16.4. The number of carbonyl (C=O) groups excluding carboxylic acids is 1. The molecule has 1 aliphatic heterocycles. The number of Topliss-reactive ketones (excluding diaryl/α,β-unsaturated/α-hetero) is 1. The van der Waals surface area contributed by atoms with Gasteiger partial charge in [-0.2, -0.15) is 0 Å². The maximum atomic E-state index is 12.4. The van der Waals surface area contributed by atoms with Crippen LogP contribution in [0.4, 0.5) is 0 Å². The van der Waals surface area contributed by atoms with Gasteiger partial charge in [0.2, 0.25) is 0 Å². The number of carbonyl (C=O) groups is 1. The summed E-state index contributed by atoms with van der Waals surface area (Å²) >= 11 is 0. The van der Waals surface area contributed by atoms with E-state index in [2.05, 4.69) is 24.9 Å². The largest absolute Gasteiger partial charge is 0.496 e. The lowest BCUT2D eigenvalue weighted by atomic mass is 9.49. The molecule has 2 fully saturated rings. The van der Waals surface area contributed by atoms with Crippen LogP contribution in [-0.2, 0) is 16.6 Å². The molecule has 2 aliphatic carbocycles. The Labute approximate surface area is 137 Å². The van der Waals surface area contributed by atoms with Crippen molar-refractivity contribution in [1.29, 1.82) is 0 Å². The Bertz CT molecular complexity index is 685. The molecule has 0 amide bonds. The number of rotatable bonds is 1. The highest BCUT2D eigenvalue weighted by molar-refractivity contribution is 5.82. The first-order valence-corrected chi connectivity index (χ1v) is 8.54. The van der Waals surface area contributed by atoms with Crippen LogP contribution in [0.25, 0.3) is 0 Å². The number of piperidine rings is 1. The van der Waals surface area contributed by atoms with E-state index in [1.54, 1.807) is 7.11 Å². The second-order valence-electron chi connectivity index (χ2n) is 7.60. The highest BCUT2D eigenvalue weighted by atomic mass is 16.5. The van der Waals surface area contributed by atoms with Crippen LogP contribution in [0.3, 0.4) is 0 Å². The van der Waals surface area contributed by atoms with E-state index >= 15 is 0 Å². The van der Waals surface area contributed by atoms with Crippen molar-refractivity contribution in [1.82, 2.24) is 4.90 Å². The quantitative estimate of drug-likeness (QED) is 0.861. The summed E-state index contributed by atoms with van der Waals surface area (Å²) in [5, 5.41) is 11.7. The molecule has 1 heterocycles. The molecule has 4 nitrogen and oxygen atoms in total. The highest BCUT2D eigenvalue weighted by Crippen LogP contribution is 2.58. The van der Waals surface area contributed by atoms with Crippen LogP contribution in [0.1, 0.15) is 42.4 Å². The SMILES string of the molecule is COc1ccc2c(c1C)[C@]13CCN(C)[C@H](C2)[C@]1(O)CCC(=O)C3. The molecular weight excluding hydrogens is 290 g/mol. The fraction of sp³-hybridized carbons (Fsp3) is 0.632. The van der Waals surface area contributed by atoms with E-state index < -0.39 is 11.0 Å². The van der Waals surface area contributed by atoms with Gasteiger partial charge in [0.05, 0.1) is 12.7 Å². The van der Waals surface area contributed by atoms with Gasteiger partial charge in [-0.25, -0.2) is 0 Å². The molecule has 1 aromatic rings. The van der Waals surface area contributed by atoms with Gasteiger partial charge in [-0.05, 0) is 62.5 Å². The predicted molar refractivity (Wildman–Crippen MR) is 88.0 cm³/mol. The van der Waals surface area contributed by atoms with Gasteiger partial charge in [-0.15, -0.1) is 0 Å². The minimum absolute atomic E-state index is 0.102. The molecule has 1 saturated carbocycles. The third-order valence-electron chi connectivity index (χ3n) is 6.70. The standard InChI is InChI=1S/C19H25NO3/c1-12-15(23-3)5-4-13-10-16-19(22)7-6-14(21)11-18(19,17(12)13)8-9-20(16)2/h4-5,16,22H,6-11H2,1-3H3/t16-,18-,19-/m1/s1. The Morgan fingerprint density at radius 2 is 2.13 bits per heavy atom. The van der Waals surface area contributed by atoms with E-state index in [0.717, 1.165) is 30.7 Å². The topological polar surface area (TPSA) is 49.8 Å². The van der Waals surface area contributed by atoms with Crippen molar-refractivity contribution in [3.8, 4) is 5.75 Å². The molecule has 124 valence electrons. The summed E-state index contributed by atoms with van der Waals surface area (Å²) in [7, 11) is 3.79. The van der Waals surface area contributed by atoms with Gasteiger partial charge < -0.3 is 14.7 Å². The number of benzene rings is 1. The lowest BCUT2D eigenvalue weighted by Gasteiger charge is -2.63. The Balaban J connectivity index is 2.01. The zero-order valence-electron chi connectivity index (χ0n) is 14.2. The molecule has 4 rings (SSSR count). The Morgan fingerprint density at radius 1 is 1.35 bits per heavy atom. The summed E-state index contributed by atoms with van der Waals surface area (Å²) in [6.07, 6.45) is 3.24. The Hall–Kier alpha value is -1.39. The van der Waals surface area contributed by atoms with Crippen molar-refractivity contribution in [2.75, 3.05) is 20.7 Å². The first-order chi connectivity index (χ1) is 10.9. The molecule has 0 aromatic heterocycles. The molecule has 2 bridgehead atoms. The van der Waals surface area contributed by atoms with Crippen molar-refractivity contribution in [3.63, 3.8) is 0 Å². The minimum Gasteiger partial charge on any atom is -0.496 e. The van der Waals surface area contributed by atoms with Crippen LogP contribution in [0, 0.1) is 6.92 Å². The lowest BCUT2D eigenvalue weighted by molar-refractivity contribution is -0.168. The smallest absolute Gasteiger partial charge is 0.134 e. The van der Waals surface area contributed by atoms with E-state index in [-0.39, 0.29) is 11.8 Å². The van der Waals surface area contributed by atoms with Gasteiger partial charge in [0, 0.05) is 24.3 Å². The molecule has 3 aliphatic rings. The van der Waals surface area contributed by atoms with E-state index in [1.807, 2.05) is 6.07 Å². The van der Waals surface area contributed by atoms with Gasteiger partial charge in [-0.3, -0.25) is 4.79 Å². The molecular formula is C19H25NO3. The van der Waals surface area contributed by atoms with Crippen LogP contribution in [0.2, 0.25) is 0 Å². The summed E-state index contributed by atoms with van der Waals surface area (Å²) in [6.45, 7) is 3.00. The predicted octanol–water partition coefficient (Wildman–Crippen LogP) is 1.99. The monoisotopic (exact) mass is 315 g/mol. The number of likely N-dealkylation sites (tertiary alicyclic amines) is 1. The third-order valence-corrected chi connectivity index (χ3v) is 6.70. The van der Waals surface area contributed by atoms with Crippen LogP contribution >= 0.6 is 0 Å². The lowest BCUT2D eigenvalue weighted by Crippen LogP contribution is -2.72. The number of aliphatic hydroxyl groups is 1. The maximum Gasteiger partial charge on any atom is 0.134 e.